The molecule has 0 radical (unpaired) electrons. The van der Waals surface area contributed by atoms with Crippen LogP contribution >= 0.6 is 0 Å². The van der Waals surface area contributed by atoms with Crippen LogP contribution < -0.4 is 5.32 Å². The number of nitrogens with zero attached hydrogens (tertiary/aromatic N) is 3. The van der Waals surface area contributed by atoms with Gasteiger partial charge >= 0.3 is 5.69 Å². The largest absolute Gasteiger partial charge is 0.394 e. The summed E-state index contributed by atoms with van der Waals surface area (Å²) in [4.78, 5) is 10.3. The zero-order valence-corrected chi connectivity index (χ0v) is 9.88. The smallest absolute Gasteiger partial charge is 0.300 e. The molecule has 8 heteroatoms. The quantitative estimate of drug-likeness (QED) is 0.622. The van der Waals surface area contributed by atoms with E-state index in [4.69, 9.17) is 0 Å². The van der Waals surface area contributed by atoms with Gasteiger partial charge in [-0.2, -0.15) is 0 Å². The number of non-ortho nitro benzene ring substituents is 1. The fourth-order valence-corrected chi connectivity index (χ4v) is 1.51. The number of nitrogens with one attached hydrogen (secondary N) is 1. The first kappa shape index (κ1) is 12.2. The standard InChI is InChI=1S/C10H12N4O4/c1-10(2,5-15)11-6-3-4-7(14(16)17)9-8(6)12-18-13-9/h3-4,11,15H,5H2,1-2H3. The molecule has 0 spiro atoms. The van der Waals surface area contributed by atoms with Gasteiger partial charge in [0.15, 0.2) is 5.52 Å². The highest BCUT2D eigenvalue weighted by Gasteiger charge is 2.23. The Kier molecular flexibility index (Phi) is 2.87. The van der Waals surface area contributed by atoms with Gasteiger partial charge in [0.05, 0.1) is 22.8 Å². The molecular formula is C10H12N4O4. The molecule has 18 heavy (non-hydrogen) atoms. The molecule has 0 amide bonds. The number of rotatable bonds is 4. The minimum Gasteiger partial charge on any atom is -0.394 e. The van der Waals surface area contributed by atoms with E-state index in [0.29, 0.717) is 5.69 Å². The van der Waals surface area contributed by atoms with Crippen molar-refractivity contribution >= 4 is 22.4 Å². The molecule has 1 aromatic carbocycles. The summed E-state index contributed by atoms with van der Waals surface area (Å²) in [5, 5.41) is 30.2. The molecule has 8 nitrogen and oxygen atoms in total. The maximum atomic E-state index is 10.8. The van der Waals surface area contributed by atoms with Crippen molar-refractivity contribution in [2.45, 2.75) is 19.4 Å². The summed E-state index contributed by atoms with van der Waals surface area (Å²) < 4.78 is 4.54. The zero-order chi connectivity index (χ0) is 13.3. The number of aliphatic hydroxyl groups excluding tert-OH is 1. The van der Waals surface area contributed by atoms with Crippen molar-refractivity contribution in [2.24, 2.45) is 0 Å². The van der Waals surface area contributed by atoms with Crippen LogP contribution in [0, 0.1) is 10.1 Å². The fraction of sp³-hybridized carbons (Fsp3) is 0.400. The summed E-state index contributed by atoms with van der Waals surface area (Å²) >= 11 is 0. The monoisotopic (exact) mass is 252 g/mol. The van der Waals surface area contributed by atoms with Gasteiger partial charge in [-0.3, -0.25) is 10.1 Å². The van der Waals surface area contributed by atoms with Gasteiger partial charge in [-0.05, 0) is 30.2 Å². The van der Waals surface area contributed by atoms with Crippen LogP contribution in [0.3, 0.4) is 0 Å². The summed E-state index contributed by atoms with van der Waals surface area (Å²) in [6.45, 7) is 3.47. The number of aromatic nitrogens is 2. The lowest BCUT2D eigenvalue weighted by Gasteiger charge is -2.24. The summed E-state index contributed by atoms with van der Waals surface area (Å²) in [5.74, 6) is 0. The van der Waals surface area contributed by atoms with E-state index < -0.39 is 10.5 Å². The van der Waals surface area contributed by atoms with E-state index in [1.807, 2.05) is 0 Å². The van der Waals surface area contributed by atoms with Gasteiger partial charge in [-0.15, -0.1) is 0 Å². The van der Waals surface area contributed by atoms with Crippen LogP contribution in [0.4, 0.5) is 11.4 Å². The molecule has 2 rings (SSSR count). The fourth-order valence-electron chi connectivity index (χ4n) is 1.51. The van der Waals surface area contributed by atoms with E-state index in [0.717, 1.165) is 0 Å². The molecule has 0 unspecified atom stereocenters. The van der Waals surface area contributed by atoms with E-state index in [1.165, 1.54) is 12.1 Å². The van der Waals surface area contributed by atoms with E-state index >= 15 is 0 Å². The Labute approximate surface area is 102 Å². The van der Waals surface area contributed by atoms with Crippen LogP contribution in [-0.2, 0) is 0 Å². The zero-order valence-electron chi connectivity index (χ0n) is 9.88. The summed E-state index contributed by atoms with van der Waals surface area (Å²) in [5.41, 5.74) is 0.126. The molecule has 0 aliphatic rings. The van der Waals surface area contributed by atoms with Crippen molar-refractivity contribution in [3.63, 3.8) is 0 Å². The molecule has 0 saturated heterocycles. The van der Waals surface area contributed by atoms with E-state index in [1.54, 1.807) is 13.8 Å². The summed E-state index contributed by atoms with van der Waals surface area (Å²) in [6.07, 6.45) is 0. The number of benzene rings is 1. The van der Waals surface area contributed by atoms with Crippen molar-refractivity contribution in [2.75, 3.05) is 11.9 Å². The van der Waals surface area contributed by atoms with Crippen molar-refractivity contribution < 1.29 is 14.7 Å². The van der Waals surface area contributed by atoms with Crippen LogP contribution in [0.2, 0.25) is 0 Å². The number of hydrogen-bond donors (Lipinski definition) is 2. The highest BCUT2D eigenvalue weighted by Crippen LogP contribution is 2.30. The second-order valence-electron chi connectivity index (χ2n) is 4.52. The topological polar surface area (TPSA) is 114 Å². The van der Waals surface area contributed by atoms with Gasteiger partial charge in [0.25, 0.3) is 0 Å². The Hall–Kier alpha value is -2.22. The van der Waals surface area contributed by atoms with Crippen LogP contribution in [0.25, 0.3) is 11.0 Å². The van der Waals surface area contributed by atoms with Crippen LogP contribution in [0.15, 0.2) is 16.8 Å². The number of hydrogen-bond acceptors (Lipinski definition) is 7. The Morgan fingerprint density at radius 1 is 1.44 bits per heavy atom. The van der Waals surface area contributed by atoms with Gasteiger partial charge in [-0.1, -0.05) is 0 Å². The first-order chi connectivity index (χ1) is 8.44. The average molecular weight is 252 g/mol. The number of aliphatic hydroxyl groups is 1. The van der Waals surface area contributed by atoms with Crippen molar-refractivity contribution in [1.82, 2.24) is 10.3 Å². The van der Waals surface area contributed by atoms with E-state index in [-0.39, 0.29) is 23.3 Å². The minimum atomic E-state index is -0.581. The summed E-state index contributed by atoms with van der Waals surface area (Å²) in [7, 11) is 0. The lowest BCUT2D eigenvalue weighted by atomic mass is 10.1. The maximum Gasteiger partial charge on any atom is 0.300 e. The van der Waals surface area contributed by atoms with Crippen LogP contribution in [0.5, 0.6) is 0 Å². The second kappa shape index (κ2) is 4.22. The van der Waals surface area contributed by atoms with Gasteiger partial charge < -0.3 is 10.4 Å². The molecule has 0 aliphatic heterocycles. The first-order valence-electron chi connectivity index (χ1n) is 5.23. The predicted molar refractivity (Wildman–Crippen MR) is 63.2 cm³/mol. The highest BCUT2D eigenvalue weighted by molar-refractivity contribution is 5.93. The average Bonchev–Trinajstić information content (AvgIpc) is 2.78. The molecular weight excluding hydrogens is 240 g/mol. The molecule has 1 heterocycles. The van der Waals surface area contributed by atoms with Gasteiger partial charge in [-0.25, -0.2) is 4.63 Å². The molecule has 2 aromatic rings. The first-order valence-corrected chi connectivity index (χ1v) is 5.23. The van der Waals surface area contributed by atoms with Gasteiger partial charge in [0.1, 0.15) is 0 Å². The SMILES string of the molecule is CC(C)(CO)Nc1ccc([N+](=O)[O-])c2nonc12. The molecule has 0 atom stereocenters. The molecule has 2 N–H and O–H groups in total. The van der Waals surface area contributed by atoms with E-state index in [2.05, 4.69) is 20.3 Å². The van der Waals surface area contributed by atoms with E-state index in [9.17, 15) is 15.2 Å². The maximum absolute atomic E-state index is 10.8. The van der Waals surface area contributed by atoms with Crippen LogP contribution in [-0.4, -0.2) is 32.5 Å². The normalized spacial score (nSPS) is 11.7. The van der Waals surface area contributed by atoms with Crippen molar-refractivity contribution in [3.05, 3.63) is 22.2 Å². The second-order valence-corrected chi connectivity index (χ2v) is 4.52. The predicted octanol–water partition coefficient (Wildman–Crippen LogP) is 1.31. The number of nitro groups is 1. The Balaban J connectivity index is 2.51. The highest BCUT2D eigenvalue weighted by atomic mass is 16.6. The third-order valence-corrected chi connectivity index (χ3v) is 2.46. The lowest BCUT2D eigenvalue weighted by Crippen LogP contribution is -2.34. The molecule has 0 aliphatic carbocycles. The van der Waals surface area contributed by atoms with Gasteiger partial charge in [0.2, 0.25) is 5.52 Å². The molecule has 0 saturated carbocycles. The number of nitro benzene ring substituents is 1. The molecule has 0 bridgehead atoms. The number of fused-ring (bicyclic) bond motifs is 1. The van der Waals surface area contributed by atoms with Crippen molar-refractivity contribution in [1.29, 1.82) is 0 Å². The molecule has 1 aromatic heterocycles. The number of anilines is 1. The third kappa shape index (κ3) is 2.09. The van der Waals surface area contributed by atoms with Crippen LogP contribution in [0.1, 0.15) is 13.8 Å². The molecule has 96 valence electrons. The minimum absolute atomic E-state index is 0.0822. The molecule has 0 fully saturated rings. The third-order valence-electron chi connectivity index (χ3n) is 2.46. The summed E-state index contributed by atoms with van der Waals surface area (Å²) in [6, 6.07) is 2.84. The lowest BCUT2D eigenvalue weighted by molar-refractivity contribution is -0.383. The Bertz CT molecular complexity index is 593. The Morgan fingerprint density at radius 3 is 2.72 bits per heavy atom. The van der Waals surface area contributed by atoms with Gasteiger partial charge in [0, 0.05) is 6.07 Å². The Morgan fingerprint density at radius 2 is 2.11 bits per heavy atom. The van der Waals surface area contributed by atoms with Crippen molar-refractivity contribution in [3.8, 4) is 0 Å².